The molecule has 0 saturated carbocycles. The predicted molar refractivity (Wildman–Crippen MR) is 127 cm³/mol. The molecule has 0 aliphatic heterocycles. The molecular weight excluding hydrogens is 505 g/mol. The Kier molecular flexibility index (Phi) is 6.22. The highest BCUT2D eigenvalue weighted by Crippen LogP contribution is 2.31. The minimum atomic E-state index is -4.32. The number of hydrogen-bond donors (Lipinski definition) is 2. The van der Waals surface area contributed by atoms with Crippen LogP contribution in [0.3, 0.4) is 0 Å². The van der Waals surface area contributed by atoms with Crippen LogP contribution in [0.25, 0.3) is 16.7 Å². The van der Waals surface area contributed by atoms with Gasteiger partial charge in [0.2, 0.25) is 0 Å². The second-order valence-corrected chi connectivity index (χ2v) is 9.88. The second kappa shape index (κ2) is 8.98. The van der Waals surface area contributed by atoms with Crippen molar-refractivity contribution >= 4 is 61.8 Å². The summed E-state index contributed by atoms with van der Waals surface area (Å²) < 4.78 is 29.0. The van der Waals surface area contributed by atoms with Crippen molar-refractivity contribution in [1.29, 1.82) is 0 Å². The molecule has 2 aromatic carbocycles. The Morgan fingerprint density at radius 1 is 0.971 bits per heavy atom. The smallest absolute Gasteiger partial charge is 0.335 e. The number of anilines is 1. The zero-order chi connectivity index (χ0) is 24.6. The van der Waals surface area contributed by atoms with Crippen molar-refractivity contribution in [3.63, 3.8) is 0 Å². The van der Waals surface area contributed by atoms with Gasteiger partial charge < -0.3 is 14.8 Å². The lowest BCUT2D eigenvalue weighted by molar-refractivity contribution is -0.135. The van der Waals surface area contributed by atoms with Crippen LogP contribution in [0.4, 0.5) is 5.69 Å². The van der Waals surface area contributed by atoms with E-state index in [1.165, 1.54) is 48.7 Å². The van der Waals surface area contributed by atoms with Crippen LogP contribution < -0.4 is 4.31 Å². The zero-order valence-corrected chi connectivity index (χ0v) is 19.4. The molecule has 9 nitrogen and oxygen atoms in total. The normalized spacial score (nSPS) is 11.5. The van der Waals surface area contributed by atoms with E-state index in [-0.39, 0.29) is 26.2 Å². The van der Waals surface area contributed by atoms with E-state index in [2.05, 4.69) is 4.98 Å². The van der Waals surface area contributed by atoms with E-state index in [0.717, 1.165) is 4.31 Å². The van der Waals surface area contributed by atoms with Gasteiger partial charge in [-0.3, -0.25) is 9.10 Å². The van der Waals surface area contributed by atoms with E-state index >= 15 is 0 Å². The van der Waals surface area contributed by atoms with Gasteiger partial charge in [0.05, 0.1) is 21.7 Å². The number of rotatable bonds is 7. The number of sulfonamides is 1. The molecule has 2 N–H and O–H groups in total. The van der Waals surface area contributed by atoms with Crippen LogP contribution in [0.2, 0.25) is 10.0 Å². The summed E-state index contributed by atoms with van der Waals surface area (Å²) in [7, 11) is -4.32. The Bertz CT molecular complexity index is 1530. The van der Waals surface area contributed by atoms with Crippen molar-refractivity contribution in [2.75, 3.05) is 10.8 Å². The Labute approximate surface area is 203 Å². The van der Waals surface area contributed by atoms with Gasteiger partial charge >= 0.3 is 11.9 Å². The molecule has 0 aliphatic rings. The highest BCUT2D eigenvalue weighted by molar-refractivity contribution is 7.92. The molecular formula is C22H15Cl2N3O6S. The van der Waals surface area contributed by atoms with Crippen LogP contribution in [-0.2, 0) is 14.8 Å². The largest absolute Gasteiger partial charge is 0.480 e. The van der Waals surface area contributed by atoms with Crippen molar-refractivity contribution in [2.45, 2.75) is 4.90 Å². The highest BCUT2D eigenvalue weighted by Gasteiger charge is 2.28. The highest BCUT2D eigenvalue weighted by atomic mass is 35.5. The van der Waals surface area contributed by atoms with Crippen LogP contribution in [0, 0.1) is 0 Å². The van der Waals surface area contributed by atoms with E-state index in [4.69, 9.17) is 23.2 Å². The molecule has 0 amide bonds. The summed E-state index contributed by atoms with van der Waals surface area (Å²) in [5.74, 6) is -2.10. The average Bonchev–Trinajstić information content (AvgIpc) is 3.20. The molecule has 4 aromatic rings. The van der Waals surface area contributed by atoms with E-state index in [9.17, 15) is 28.2 Å². The van der Waals surface area contributed by atoms with Crippen molar-refractivity contribution in [3.05, 3.63) is 82.6 Å². The molecule has 34 heavy (non-hydrogen) atoms. The minimum Gasteiger partial charge on any atom is -0.480 e. The van der Waals surface area contributed by atoms with Gasteiger partial charge in [-0.15, -0.1) is 0 Å². The maximum absolute atomic E-state index is 13.3. The summed E-state index contributed by atoms with van der Waals surface area (Å²) in [5.41, 5.74) is 0.774. The molecule has 0 bridgehead atoms. The first-order chi connectivity index (χ1) is 16.1. The first-order valence-corrected chi connectivity index (χ1v) is 11.8. The molecule has 0 atom stereocenters. The van der Waals surface area contributed by atoms with Crippen molar-refractivity contribution in [1.82, 2.24) is 9.55 Å². The fraction of sp³-hybridized carbons (Fsp3) is 0.0455. The van der Waals surface area contributed by atoms with Gasteiger partial charge in [0.25, 0.3) is 10.0 Å². The Morgan fingerprint density at radius 2 is 1.68 bits per heavy atom. The average molecular weight is 520 g/mol. The lowest BCUT2D eigenvalue weighted by atomic mass is 10.2. The molecule has 0 fully saturated rings. The summed E-state index contributed by atoms with van der Waals surface area (Å²) in [4.78, 5) is 26.7. The van der Waals surface area contributed by atoms with Crippen LogP contribution in [0.5, 0.6) is 0 Å². The SMILES string of the molecule is O=C(O)CN(c1ccc2c(ccn2-c2cc(C(=O)O)ccn2)c1)S(=O)(=O)c1cc(Cl)cc(Cl)c1. The number of hydrogen-bond acceptors (Lipinski definition) is 5. The van der Waals surface area contributed by atoms with Crippen LogP contribution in [0.1, 0.15) is 10.4 Å². The maximum Gasteiger partial charge on any atom is 0.335 e. The van der Waals surface area contributed by atoms with E-state index in [1.54, 1.807) is 22.9 Å². The number of carboxylic acids is 2. The third kappa shape index (κ3) is 4.56. The van der Waals surface area contributed by atoms with Crippen molar-refractivity contribution < 1.29 is 28.2 Å². The topological polar surface area (TPSA) is 130 Å². The molecule has 0 aliphatic carbocycles. The Balaban J connectivity index is 1.81. The lowest BCUT2D eigenvalue weighted by Crippen LogP contribution is -2.35. The number of carbonyl (C=O) groups is 2. The number of carboxylic acid groups (broad SMARTS) is 2. The third-order valence-corrected chi connectivity index (χ3v) is 7.09. The molecule has 0 radical (unpaired) electrons. The number of fused-ring (bicyclic) bond motifs is 1. The number of nitrogens with zero attached hydrogens (tertiary/aromatic N) is 3. The number of benzene rings is 2. The standard InChI is InChI=1S/C22H15Cl2N3O6S/c23-15-9-16(24)11-18(10-15)34(32,33)27(12-21(28)29)17-1-2-19-13(7-17)4-6-26(19)20-8-14(22(30)31)3-5-25-20/h1-11H,12H2,(H,28,29)(H,30,31). The molecule has 0 unspecified atom stereocenters. The molecule has 174 valence electrons. The van der Waals surface area contributed by atoms with E-state index < -0.39 is 28.5 Å². The quantitative estimate of drug-likeness (QED) is 0.372. The number of aromatic nitrogens is 2. The first-order valence-electron chi connectivity index (χ1n) is 9.58. The van der Waals surface area contributed by atoms with Gasteiger partial charge in [-0.25, -0.2) is 18.2 Å². The number of halogens is 2. The van der Waals surface area contributed by atoms with Gasteiger partial charge in [-0.2, -0.15) is 0 Å². The molecule has 12 heteroatoms. The van der Waals surface area contributed by atoms with Crippen molar-refractivity contribution in [2.24, 2.45) is 0 Å². The fourth-order valence-corrected chi connectivity index (χ4v) is 5.54. The molecule has 0 spiro atoms. The number of pyridine rings is 1. The summed E-state index contributed by atoms with van der Waals surface area (Å²) in [6.07, 6.45) is 3.02. The summed E-state index contributed by atoms with van der Waals surface area (Å²) in [6, 6.07) is 12.7. The van der Waals surface area contributed by atoms with Crippen LogP contribution in [0.15, 0.2) is 71.9 Å². The summed E-state index contributed by atoms with van der Waals surface area (Å²) in [5, 5.41) is 19.4. The van der Waals surface area contributed by atoms with Gasteiger partial charge in [-0.05, 0) is 54.6 Å². The monoisotopic (exact) mass is 519 g/mol. The maximum atomic E-state index is 13.3. The van der Waals surface area contributed by atoms with Crippen LogP contribution in [-0.4, -0.2) is 46.7 Å². The molecule has 2 aromatic heterocycles. The van der Waals surface area contributed by atoms with E-state index in [1.807, 2.05) is 0 Å². The molecule has 2 heterocycles. The van der Waals surface area contributed by atoms with Gasteiger partial charge in [0.15, 0.2) is 0 Å². The lowest BCUT2D eigenvalue weighted by Gasteiger charge is -2.23. The molecule has 0 saturated heterocycles. The van der Waals surface area contributed by atoms with Gasteiger partial charge in [-0.1, -0.05) is 23.2 Å². The second-order valence-electron chi connectivity index (χ2n) is 7.15. The van der Waals surface area contributed by atoms with Crippen molar-refractivity contribution in [3.8, 4) is 5.82 Å². The van der Waals surface area contributed by atoms with Gasteiger partial charge in [0, 0.05) is 27.8 Å². The van der Waals surface area contributed by atoms with Crippen LogP contribution >= 0.6 is 23.2 Å². The third-order valence-electron chi connectivity index (χ3n) is 4.90. The number of aliphatic carboxylic acids is 1. The Hall–Kier alpha value is -3.60. The Morgan fingerprint density at radius 3 is 2.32 bits per heavy atom. The van der Waals surface area contributed by atoms with Gasteiger partial charge in [0.1, 0.15) is 12.4 Å². The summed E-state index contributed by atoms with van der Waals surface area (Å²) in [6.45, 7) is -0.832. The summed E-state index contributed by atoms with van der Waals surface area (Å²) >= 11 is 11.9. The first kappa shape index (κ1) is 23.6. The minimum absolute atomic E-state index is 0.0578. The predicted octanol–water partition coefficient (Wildman–Crippen LogP) is 4.31. The zero-order valence-electron chi connectivity index (χ0n) is 17.1. The fourth-order valence-electron chi connectivity index (χ4n) is 3.41. The number of aromatic carboxylic acids is 1. The molecule has 4 rings (SSSR count). The van der Waals surface area contributed by atoms with E-state index in [0.29, 0.717) is 16.7 Å².